The normalized spacial score (nSPS) is 13.5. The smallest absolute Gasteiger partial charge is 0.293 e. The van der Waals surface area contributed by atoms with Gasteiger partial charge in [0.25, 0.3) is 5.91 Å². The molecule has 0 saturated heterocycles. The maximum Gasteiger partial charge on any atom is 0.293 e. The molecule has 1 aromatic carbocycles. The summed E-state index contributed by atoms with van der Waals surface area (Å²) in [7, 11) is 0. The van der Waals surface area contributed by atoms with Gasteiger partial charge in [0.1, 0.15) is 6.61 Å². The molecule has 2 amide bonds. The summed E-state index contributed by atoms with van der Waals surface area (Å²) in [5.41, 5.74) is 2.62. The van der Waals surface area contributed by atoms with Crippen molar-refractivity contribution in [3.63, 3.8) is 0 Å². The summed E-state index contributed by atoms with van der Waals surface area (Å²) in [5.74, 6) is 0.00199. The van der Waals surface area contributed by atoms with Crippen molar-refractivity contribution in [2.45, 2.75) is 19.8 Å². The van der Waals surface area contributed by atoms with E-state index in [0.29, 0.717) is 24.6 Å². The number of amides is 2. The number of carbonyl (C=O) groups excluding carboxylic acids is 2. The molecular formula is C18H20N2O4. The minimum Gasteiger partial charge on any atom is -0.459 e. The number of nitrogens with zero attached hydrogens (tertiary/aromatic N) is 1. The van der Waals surface area contributed by atoms with Crippen molar-refractivity contribution in [1.82, 2.24) is 0 Å². The van der Waals surface area contributed by atoms with Crippen LogP contribution in [0.4, 0.5) is 11.4 Å². The zero-order valence-electron chi connectivity index (χ0n) is 13.6. The molecule has 6 nitrogen and oxygen atoms in total. The maximum atomic E-state index is 12.6. The number of rotatable bonds is 5. The van der Waals surface area contributed by atoms with E-state index < -0.39 is 0 Å². The number of anilines is 2. The Morgan fingerprint density at radius 2 is 2.21 bits per heavy atom. The van der Waals surface area contributed by atoms with Crippen LogP contribution < -0.4 is 10.2 Å². The molecule has 24 heavy (non-hydrogen) atoms. The Labute approximate surface area is 140 Å². The van der Waals surface area contributed by atoms with Gasteiger partial charge in [-0.05, 0) is 55.7 Å². The minimum atomic E-state index is -0.184. The molecule has 0 radical (unpaired) electrons. The van der Waals surface area contributed by atoms with E-state index in [0.717, 1.165) is 24.1 Å². The number of hydrogen-bond acceptors (Lipinski definition) is 4. The maximum absolute atomic E-state index is 12.6. The van der Waals surface area contributed by atoms with Crippen molar-refractivity contribution < 1.29 is 18.7 Å². The lowest BCUT2D eigenvalue weighted by atomic mass is 10.0. The van der Waals surface area contributed by atoms with Gasteiger partial charge >= 0.3 is 0 Å². The van der Waals surface area contributed by atoms with Crippen molar-refractivity contribution in [3.05, 3.63) is 47.9 Å². The molecule has 3 rings (SSSR count). The largest absolute Gasteiger partial charge is 0.459 e. The fourth-order valence-corrected chi connectivity index (χ4v) is 2.81. The molecule has 6 heteroatoms. The van der Waals surface area contributed by atoms with Gasteiger partial charge in [-0.2, -0.15) is 0 Å². The molecule has 0 saturated carbocycles. The highest BCUT2D eigenvalue weighted by molar-refractivity contribution is 6.05. The summed E-state index contributed by atoms with van der Waals surface area (Å²) >= 11 is 0. The van der Waals surface area contributed by atoms with E-state index in [1.807, 2.05) is 19.1 Å². The van der Waals surface area contributed by atoms with Gasteiger partial charge in [0, 0.05) is 24.5 Å². The Morgan fingerprint density at radius 3 is 2.96 bits per heavy atom. The minimum absolute atomic E-state index is 0.0384. The van der Waals surface area contributed by atoms with Crippen molar-refractivity contribution in [1.29, 1.82) is 0 Å². The quantitative estimate of drug-likeness (QED) is 0.916. The average molecular weight is 328 g/mol. The van der Waals surface area contributed by atoms with Gasteiger partial charge in [0.15, 0.2) is 5.76 Å². The fraction of sp³-hybridized carbons (Fsp3) is 0.333. The molecule has 2 aromatic rings. The van der Waals surface area contributed by atoms with E-state index in [-0.39, 0.29) is 18.4 Å². The summed E-state index contributed by atoms with van der Waals surface area (Å²) < 4.78 is 10.3. The second kappa shape index (κ2) is 7.31. The first-order valence-electron chi connectivity index (χ1n) is 8.05. The average Bonchev–Trinajstić information content (AvgIpc) is 3.13. The molecule has 0 fully saturated rings. The van der Waals surface area contributed by atoms with Crippen LogP contribution in [0.15, 0.2) is 41.0 Å². The lowest BCUT2D eigenvalue weighted by Gasteiger charge is -2.29. The van der Waals surface area contributed by atoms with Gasteiger partial charge in [-0.25, -0.2) is 0 Å². The second-order valence-electron chi connectivity index (χ2n) is 5.57. The van der Waals surface area contributed by atoms with Gasteiger partial charge in [-0.3, -0.25) is 9.59 Å². The van der Waals surface area contributed by atoms with Crippen molar-refractivity contribution in [2.24, 2.45) is 0 Å². The first-order valence-corrected chi connectivity index (χ1v) is 8.05. The molecule has 0 aliphatic carbocycles. The molecule has 1 aliphatic rings. The number of nitrogens with one attached hydrogen (secondary N) is 1. The first kappa shape index (κ1) is 16.3. The van der Waals surface area contributed by atoms with Crippen LogP contribution in [-0.4, -0.2) is 31.6 Å². The van der Waals surface area contributed by atoms with Gasteiger partial charge in [0.2, 0.25) is 5.91 Å². The molecule has 126 valence electrons. The number of hydrogen-bond donors (Lipinski definition) is 1. The topological polar surface area (TPSA) is 71.8 Å². The monoisotopic (exact) mass is 328 g/mol. The van der Waals surface area contributed by atoms with Crippen LogP contribution in [0.1, 0.15) is 29.5 Å². The molecule has 0 unspecified atom stereocenters. The zero-order chi connectivity index (χ0) is 16.9. The molecule has 0 spiro atoms. The van der Waals surface area contributed by atoms with E-state index >= 15 is 0 Å². The Balaban J connectivity index is 1.77. The first-order chi connectivity index (χ1) is 11.7. The predicted molar refractivity (Wildman–Crippen MR) is 90.3 cm³/mol. The predicted octanol–water partition coefficient (Wildman–Crippen LogP) is 2.85. The van der Waals surface area contributed by atoms with Crippen LogP contribution in [0.3, 0.4) is 0 Å². The summed E-state index contributed by atoms with van der Waals surface area (Å²) in [6.07, 6.45) is 3.23. The lowest BCUT2D eigenvalue weighted by molar-refractivity contribution is -0.120. The van der Waals surface area contributed by atoms with Crippen molar-refractivity contribution in [3.8, 4) is 0 Å². The molecule has 1 aromatic heterocycles. The highest BCUT2D eigenvalue weighted by atomic mass is 16.5. The molecule has 0 bridgehead atoms. The number of carbonyl (C=O) groups is 2. The second-order valence-corrected chi connectivity index (χ2v) is 5.57. The molecule has 0 atom stereocenters. The van der Waals surface area contributed by atoms with Crippen LogP contribution in [0, 0.1) is 0 Å². The van der Waals surface area contributed by atoms with Gasteiger partial charge in [0.05, 0.1) is 6.26 Å². The van der Waals surface area contributed by atoms with Gasteiger partial charge in [-0.15, -0.1) is 0 Å². The number of ether oxygens (including phenoxy) is 1. The van der Waals surface area contributed by atoms with E-state index in [1.54, 1.807) is 23.1 Å². The Kier molecular flexibility index (Phi) is 4.96. The van der Waals surface area contributed by atoms with Gasteiger partial charge < -0.3 is 19.4 Å². The van der Waals surface area contributed by atoms with Crippen LogP contribution in [-0.2, 0) is 16.0 Å². The third-order valence-electron chi connectivity index (χ3n) is 3.90. The van der Waals surface area contributed by atoms with Crippen LogP contribution in [0.2, 0.25) is 0 Å². The Hall–Kier alpha value is -2.60. The van der Waals surface area contributed by atoms with E-state index in [9.17, 15) is 9.59 Å². The summed E-state index contributed by atoms with van der Waals surface area (Å²) in [6, 6.07) is 8.96. The molecule has 2 heterocycles. The molecule has 1 N–H and O–H groups in total. The Bertz CT molecular complexity index is 725. The van der Waals surface area contributed by atoms with E-state index in [1.165, 1.54) is 6.26 Å². The van der Waals surface area contributed by atoms with Crippen LogP contribution in [0.5, 0.6) is 0 Å². The zero-order valence-corrected chi connectivity index (χ0v) is 13.6. The Morgan fingerprint density at radius 1 is 1.33 bits per heavy atom. The summed E-state index contributed by atoms with van der Waals surface area (Å²) in [6.45, 7) is 3.04. The molecular weight excluding hydrogens is 308 g/mol. The third kappa shape index (κ3) is 3.49. The summed E-state index contributed by atoms with van der Waals surface area (Å²) in [4.78, 5) is 26.0. The van der Waals surface area contributed by atoms with E-state index in [2.05, 4.69) is 5.32 Å². The van der Waals surface area contributed by atoms with E-state index in [4.69, 9.17) is 9.15 Å². The van der Waals surface area contributed by atoms with Crippen molar-refractivity contribution >= 4 is 23.2 Å². The third-order valence-corrected chi connectivity index (χ3v) is 3.90. The number of benzene rings is 1. The van der Waals surface area contributed by atoms with Crippen molar-refractivity contribution in [2.75, 3.05) is 30.0 Å². The highest BCUT2D eigenvalue weighted by Gasteiger charge is 2.25. The highest BCUT2D eigenvalue weighted by Crippen LogP contribution is 2.30. The van der Waals surface area contributed by atoms with Crippen LogP contribution >= 0.6 is 0 Å². The number of aryl methyl sites for hydroxylation is 1. The fourth-order valence-electron chi connectivity index (χ4n) is 2.81. The number of fused-ring (bicyclic) bond motifs is 1. The van der Waals surface area contributed by atoms with Gasteiger partial charge in [-0.1, -0.05) is 0 Å². The standard InChI is InChI=1S/C18H20N2O4/c1-2-23-12-17(21)19-14-7-8-15-13(11-14)5-3-9-20(15)18(22)16-6-4-10-24-16/h4,6-8,10-11H,2-3,5,9,12H2,1H3,(H,19,21). The summed E-state index contributed by atoms with van der Waals surface area (Å²) in [5, 5.41) is 2.81. The molecule has 1 aliphatic heterocycles. The lowest BCUT2D eigenvalue weighted by Crippen LogP contribution is -2.35. The number of furan rings is 1. The SMILES string of the molecule is CCOCC(=O)Nc1ccc2c(c1)CCCN2C(=O)c1ccco1. The van der Waals surface area contributed by atoms with Crippen LogP contribution in [0.25, 0.3) is 0 Å².